The molecule has 0 bridgehead atoms. The Hall–Kier alpha value is -3.72. The lowest BCUT2D eigenvalue weighted by atomic mass is 9.79. The minimum Gasteiger partial charge on any atom is -0.497 e. The molecule has 2 aromatic rings. The monoisotopic (exact) mass is 390 g/mol. The molecule has 0 saturated carbocycles. The fourth-order valence-electron chi connectivity index (χ4n) is 3.47. The number of benzene rings is 2. The molecule has 0 spiro atoms. The standard InChI is InChI=1S/C23H22N2O4/c1-4-28-23(26)20-14(2)29-22(25)19(13-24)21(20)18-11-6-5-10-17(18)15-8-7-9-16(12-15)27-3/h5-12,21H,4,25H2,1-3H3. The van der Waals surface area contributed by atoms with E-state index in [0.29, 0.717) is 11.5 Å². The van der Waals surface area contributed by atoms with Crippen molar-refractivity contribution in [2.75, 3.05) is 13.7 Å². The fraction of sp³-hybridized carbons (Fsp3) is 0.217. The van der Waals surface area contributed by atoms with Crippen LogP contribution in [0.3, 0.4) is 0 Å². The molecule has 29 heavy (non-hydrogen) atoms. The highest BCUT2D eigenvalue weighted by molar-refractivity contribution is 5.93. The second kappa shape index (κ2) is 8.53. The lowest BCUT2D eigenvalue weighted by Crippen LogP contribution is -2.25. The summed E-state index contributed by atoms with van der Waals surface area (Å²) in [5.41, 5.74) is 8.96. The zero-order valence-corrected chi connectivity index (χ0v) is 16.6. The third-order valence-corrected chi connectivity index (χ3v) is 4.75. The average Bonchev–Trinajstić information content (AvgIpc) is 2.73. The van der Waals surface area contributed by atoms with Crippen LogP contribution in [0.25, 0.3) is 11.1 Å². The third kappa shape index (κ3) is 3.81. The van der Waals surface area contributed by atoms with E-state index in [0.717, 1.165) is 16.7 Å². The molecule has 1 heterocycles. The Kier molecular flexibility index (Phi) is 5.89. The maximum Gasteiger partial charge on any atom is 0.338 e. The van der Waals surface area contributed by atoms with E-state index in [1.165, 1.54) is 0 Å². The molecule has 6 heteroatoms. The van der Waals surface area contributed by atoms with Crippen molar-refractivity contribution >= 4 is 5.97 Å². The summed E-state index contributed by atoms with van der Waals surface area (Å²) in [6.45, 7) is 3.58. The fourth-order valence-corrected chi connectivity index (χ4v) is 3.47. The van der Waals surface area contributed by atoms with Crippen LogP contribution in [0.1, 0.15) is 25.3 Å². The quantitative estimate of drug-likeness (QED) is 0.775. The summed E-state index contributed by atoms with van der Waals surface area (Å²) in [7, 11) is 1.60. The SMILES string of the molecule is CCOC(=O)C1=C(C)OC(N)=C(C#N)C1c1ccccc1-c1cccc(OC)c1. The average molecular weight is 390 g/mol. The summed E-state index contributed by atoms with van der Waals surface area (Å²) >= 11 is 0. The number of methoxy groups -OCH3 is 1. The van der Waals surface area contributed by atoms with Gasteiger partial charge in [-0.05, 0) is 42.7 Å². The summed E-state index contributed by atoms with van der Waals surface area (Å²) in [5, 5.41) is 9.79. The largest absolute Gasteiger partial charge is 0.497 e. The number of nitrogens with two attached hydrogens (primary N) is 1. The number of rotatable bonds is 5. The van der Waals surface area contributed by atoms with E-state index in [4.69, 9.17) is 19.9 Å². The summed E-state index contributed by atoms with van der Waals surface area (Å²) in [6.07, 6.45) is 0. The van der Waals surface area contributed by atoms with Gasteiger partial charge in [-0.15, -0.1) is 0 Å². The Labute approximate surface area is 169 Å². The molecule has 3 rings (SSSR count). The van der Waals surface area contributed by atoms with Crippen molar-refractivity contribution < 1.29 is 19.0 Å². The van der Waals surface area contributed by atoms with E-state index in [9.17, 15) is 10.1 Å². The summed E-state index contributed by atoms with van der Waals surface area (Å²) < 4.78 is 16.1. The number of carbonyl (C=O) groups is 1. The molecule has 1 unspecified atom stereocenters. The molecule has 0 saturated heterocycles. The van der Waals surface area contributed by atoms with Gasteiger partial charge in [-0.25, -0.2) is 4.79 Å². The smallest absolute Gasteiger partial charge is 0.338 e. The van der Waals surface area contributed by atoms with Crippen molar-refractivity contribution in [3.63, 3.8) is 0 Å². The molecule has 1 aliphatic heterocycles. The first kappa shape index (κ1) is 20.0. The third-order valence-electron chi connectivity index (χ3n) is 4.75. The number of nitrogens with zero attached hydrogens (tertiary/aromatic N) is 1. The van der Waals surface area contributed by atoms with Crippen molar-refractivity contribution in [2.24, 2.45) is 5.73 Å². The van der Waals surface area contributed by atoms with Gasteiger partial charge >= 0.3 is 5.97 Å². The van der Waals surface area contributed by atoms with Gasteiger partial charge in [0.25, 0.3) is 0 Å². The Balaban J connectivity index is 2.24. The van der Waals surface area contributed by atoms with Gasteiger partial charge < -0.3 is 19.9 Å². The van der Waals surface area contributed by atoms with Gasteiger partial charge in [0.2, 0.25) is 5.88 Å². The maximum atomic E-state index is 12.8. The van der Waals surface area contributed by atoms with E-state index in [1.807, 2.05) is 48.5 Å². The van der Waals surface area contributed by atoms with E-state index < -0.39 is 11.9 Å². The summed E-state index contributed by atoms with van der Waals surface area (Å²) in [5.74, 6) is -0.211. The van der Waals surface area contributed by atoms with Gasteiger partial charge in [-0.2, -0.15) is 5.26 Å². The molecule has 0 amide bonds. The van der Waals surface area contributed by atoms with Crippen LogP contribution in [0.4, 0.5) is 0 Å². The maximum absolute atomic E-state index is 12.8. The van der Waals surface area contributed by atoms with Crippen LogP contribution in [0.15, 0.2) is 71.3 Å². The minimum absolute atomic E-state index is 0.0107. The predicted molar refractivity (Wildman–Crippen MR) is 108 cm³/mol. The molecule has 1 atom stereocenters. The van der Waals surface area contributed by atoms with Crippen LogP contribution in [0.2, 0.25) is 0 Å². The molecule has 1 aliphatic rings. The van der Waals surface area contributed by atoms with E-state index in [1.54, 1.807) is 21.0 Å². The molecule has 0 fully saturated rings. The van der Waals surface area contributed by atoms with Crippen molar-refractivity contribution in [2.45, 2.75) is 19.8 Å². The van der Waals surface area contributed by atoms with Crippen molar-refractivity contribution in [3.05, 3.63) is 76.9 Å². The highest BCUT2D eigenvalue weighted by Gasteiger charge is 2.37. The minimum atomic E-state index is -0.699. The van der Waals surface area contributed by atoms with Gasteiger partial charge in [0.1, 0.15) is 23.2 Å². The van der Waals surface area contributed by atoms with E-state index in [-0.39, 0.29) is 23.6 Å². The zero-order valence-electron chi connectivity index (χ0n) is 16.6. The van der Waals surface area contributed by atoms with E-state index >= 15 is 0 Å². The van der Waals surface area contributed by atoms with Crippen LogP contribution in [0, 0.1) is 11.3 Å². The zero-order chi connectivity index (χ0) is 21.0. The molecular formula is C23H22N2O4. The van der Waals surface area contributed by atoms with Crippen LogP contribution >= 0.6 is 0 Å². The van der Waals surface area contributed by atoms with Crippen molar-refractivity contribution in [1.29, 1.82) is 5.26 Å². The molecule has 2 N–H and O–H groups in total. The molecule has 2 aromatic carbocycles. The number of carbonyl (C=O) groups excluding carboxylic acids is 1. The molecule has 0 radical (unpaired) electrons. The topological polar surface area (TPSA) is 94.6 Å². The number of hydrogen-bond donors (Lipinski definition) is 1. The summed E-state index contributed by atoms with van der Waals surface area (Å²) in [6, 6.07) is 17.3. The highest BCUT2D eigenvalue weighted by Crippen LogP contribution is 2.43. The first-order valence-corrected chi connectivity index (χ1v) is 9.20. The van der Waals surface area contributed by atoms with Crippen LogP contribution in [0.5, 0.6) is 5.75 Å². The first-order valence-electron chi connectivity index (χ1n) is 9.20. The highest BCUT2D eigenvalue weighted by atomic mass is 16.5. The molecule has 148 valence electrons. The summed E-state index contributed by atoms with van der Waals surface area (Å²) in [4.78, 5) is 12.8. The Bertz CT molecular complexity index is 1050. The van der Waals surface area contributed by atoms with Gasteiger partial charge in [-0.3, -0.25) is 0 Å². The van der Waals surface area contributed by atoms with Gasteiger partial charge in [0.15, 0.2) is 0 Å². The lowest BCUT2D eigenvalue weighted by Gasteiger charge is -2.28. The van der Waals surface area contributed by atoms with Crippen molar-refractivity contribution in [3.8, 4) is 22.9 Å². The Morgan fingerprint density at radius 2 is 2.00 bits per heavy atom. The van der Waals surface area contributed by atoms with E-state index in [2.05, 4.69) is 6.07 Å². The number of hydrogen-bond acceptors (Lipinski definition) is 6. The molecule has 6 nitrogen and oxygen atoms in total. The molecule has 0 aromatic heterocycles. The second-order valence-corrected chi connectivity index (χ2v) is 6.43. The van der Waals surface area contributed by atoms with Crippen molar-refractivity contribution in [1.82, 2.24) is 0 Å². The van der Waals surface area contributed by atoms with Crippen LogP contribution in [-0.4, -0.2) is 19.7 Å². The number of ether oxygens (including phenoxy) is 3. The Morgan fingerprint density at radius 1 is 1.24 bits per heavy atom. The second-order valence-electron chi connectivity index (χ2n) is 6.43. The van der Waals surface area contributed by atoms with Gasteiger partial charge in [0, 0.05) is 0 Å². The van der Waals surface area contributed by atoms with Gasteiger partial charge in [0.05, 0.1) is 25.2 Å². The first-order chi connectivity index (χ1) is 14.0. The number of esters is 1. The lowest BCUT2D eigenvalue weighted by molar-refractivity contribution is -0.139. The predicted octanol–water partition coefficient (Wildman–Crippen LogP) is 4.01. The Morgan fingerprint density at radius 3 is 2.69 bits per heavy atom. The van der Waals surface area contributed by atoms with Gasteiger partial charge in [-0.1, -0.05) is 36.4 Å². The molecular weight excluding hydrogens is 368 g/mol. The van der Waals surface area contributed by atoms with Crippen LogP contribution in [-0.2, 0) is 14.3 Å². The van der Waals surface area contributed by atoms with Crippen LogP contribution < -0.4 is 10.5 Å². The molecule has 0 aliphatic carbocycles. The normalized spacial score (nSPS) is 16.1. The number of nitriles is 1. The number of allylic oxidation sites excluding steroid dienone is 2.